The number of aromatic hydroxyl groups is 1. The van der Waals surface area contributed by atoms with Crippen molar-refractivity contribution in [2.45, 2.75) is 159 Å². The Balaban J connectivity index is 1.10. The molecule has 10 amide bonds. The molecule has 0 saturated carbocycles. The van der Waals surface area contributed by atoms with Crippen LogP contribution in [0.3, 0.4) is 0 Å². The largest absolute Gasteiger partial charge is 0.508 e. The molecule has 10 atom stereocenters. The molecule has 0 bridgehead atoms. The summed E-state index contributed by atoms with van der Waals surface area (Å²) in [6.07, 6.45) is 2.64. The van der Waals surface area contributed by atoms with Crippen molar-refractivity contribution in [1.82, 2.24) is 46.2 Å². The molecule has 24 nitrogen and oxygen atoms in total. The maximum Gasteiger partial charge on any atom is 0.326 e. The quantitative estimate of drug-likeness (QED) is 0.0621. The summed E-state index contributed by atoms with van der Waals surface area (Å²) in [6, 6.07) is 5.14. The zero-order valence-electron chi connectivity index (χ0n) is 45.4. The van der Waals surface area contributed by atoms with Crippen LogP contribution in [0.1, 0.15) is 103 Å². The first-order chi connectivity index (χ1) is 37.6. The monoisotopic (exact) mass is 1100 g/mol. The standard InChI is InChI=1S/C55H77N11O13/c1-5-32(4)46(54(77)66-26-12-18-42(66)49(72)61-38(55(78)79)29-43(56)68)62-50(73)40-16-9-23-63(40)44(69)30-58-47(70)39-15-10-24-64(39)52(75)36(27-33-13-7-6-8-14-33)59-48(71)41-17-11-25-65(41)53(76)37(60-51(74)45(57)31(2)3)28-34-19-21-35(67)22-20-34/h6-8,13-14,19-22,31-32,36-42,45-46,67H,5,9-12,15-18,23-30,57H2,1-4H3,(H2,56,68)(H,58,70)(H,59,71)(H,60,74)(H,61,72)(H,62,73)(H,78,79)/t32-,36-,37-,38-,39-,40-,41-,42-,45-,46-/m0/s1. The van der Waals surface area contributed by atoms with Gasteiger partial charge >= 0.3 is 5.97 Å². The van der Waals surface area contributed by atoms with Crippen LogP contribution in [-0.2, 0) is 65.6 Å². The van der Waals surface area contributed by atoms with Crippen LogP contribution in [0.5, 0.6) is 5.75 Å². The Morgan fingerprint density at radius 3 is 1.52 bits per heavy atom. The molecule has 6 rings (SSSR count). The third-order valence-corrected chi connectivity index (χ3v) is 15.5. The number of carboxylic acid groups (broad SMARTS) is 1. The molecule has 2 aromatic carbocycles. The van der Waals surface area contributed by atoms with Crippen molar-refractivity contribution in [3.63, 3.8) is 0 Å². The first kappa shape index (κ1) is 60.6. The van der Waals surface area contributed by atoms with E-state index in [9.17, 15) is 63.0 Å². The number of amides is 10. The summed E-state index contributed by atoms with van der Waals surface area (Å²) in [5.74, 6) is -8.41. The van der Waals surface area contributed by atoms with Gasteiger partial charge in [0, 0.05) is 39.0 Å². The summed E-state index contributed by atoms with van der Waals surface area (Å²) in [5.41, 5.74) is 12.7. The van der Waals surface area contributed by atoms with E-state index in [0.29, 0.717) is 43.2 Å². The van der Waals surface area contributed by atoms with Gasteiger partial charge in [-0.1, -0.05) is 76.6 Å². The molecule has 4 heterocycles. The molecule has 0 radical (unpaired) electrons. The Hall–Kier alpha value is -7.63. The lowest BCUT2D eigenvalue weighted by atomic mass is 9.96. The van der Waals surface area contributed by atoms with Gasteiger partial charge in [0.1, 0.15) is 54.1 Å². The van der Waals surface area contributed by atoms with Gasteiger partial charge in [-0.25, -0.2) is 4.79 Å². The van der Waals surface area contributed by atoms with Crippen molar-refractivity contribution < 1.29 is 63.0 Å². The topological polar surface area (TPSA) is 353 Å². The fraction of sp³-hybridized carbons (Fsp3) is 0.582. The van der Waals surface area contributed by atoms with Crippen LogP contribution in [0, 0.1) is 11.8 Å². The number of benzene rings is 2. The first-order valence-electron chi connectivity index (χ1n) is 27.4. The fourth-order valence-electron chi connectivity index (χ4n) is 10.8. The molecule has 2 aromatic rings. The van der Waals surface area contributed by atoms with E-state index < -0.39 is 138 Å². The minimum Gasteiger partial charge on any atom is -0.508 e. The number of nitrogens with two attached hydrogens (primary N) is 2. The molecule has 4 fully saturated rings. The highest BCUT2D eigenvalue weighted by atomic mass is 16.4. The SMILES string of the molecule is CC[C@H](C)[C@H](NC(=O)[C@@H]1CCCN1C(=O)CNC(=O)[C@@H]1CCCN1C(=O)[C@H](Cc1ccccc1)NC(=O)[C@@H]1CCCN1C(=O)[C@H](Cc1ccc(O)cc1)NC(=O)[C@@H](N)C(C)C)C(=O)N1CCC[C@H]1C(=O)N[C@@H](CC(N)=O)C(=O)O. The number of likely N-dealkylation sites (tertiary alicyclic amines) is 4. The van der Waals surface area contributed by atoms with E-state index in [4.69, 9.17) is 11.5 Å². The summed E-state index contributed by atoms with van der Waals surface area (Å²) in [4.78, 5) is 155. The minimum atomic E-state index is -1.60. The van der Waals surface area contributed by atoms with Gasteiger partial charge in [0.15, 0.2) is 0 Å². The Kier molecular flexibility index (Phi) is 21.3. The van der Waals surface area contributed by atoms with Crippen LogP contribution in [0.15, 0.2) is 54.6 Å². The second kappa shape index (κ2) is 27.8. The van der Waals surface area contributed by atoms with E-state index in [2.05, 4.69) is 26.6 Å². The van der Waals surface area contributed by atoms with Gasteiger partial charge in [-0.05, 0) is 86.5 Å². The van der Waals surface area contributed by atoms with Gasteiger partial charge in [0.05, 0.1) is 19.0 Å². The van der Waals surface area contributed by atoms with Gasteiger partial charge in [0.2, 0.25) is 59.1 Å². The van der Waals surface area contributed by atoms with Crippen molar-refractivity contribution in [1.29, 1.82) is 0 Å². The maximum absolute atomic E-state index is 14.7. The summed E-state index contributed by atoms with van der Waals surface area (Å²) in [7, 11) is 0. The average Bonchev–Trinajstić information content (AvgIpc) is 4.29. The lowest BCUT2D eigenvalue weighted by Crippen LogP contribution is -2.59. The molecule has 11 N–H and O–H groups in total. The van der Waals surface area contributed by atoms with Gasteiger partial charge in [-0.15, -0.1) is 0 Å². The number of hydrogen-bond acceptors (Lipinski definition) is 13. The van der Waals surface area contributed by atoms with Crippen LogP contribution in [0.4, 0.5) is 0 Å². The molecule has 4 aliphatic heterocycles. The number of carbonyl (C=O) groups is 11. The Bertz CT molecular complexity index is 2570. The van der Waals surface area contributed by atoms with Crippen molar-refractivity contribution in [3.8, 4) is 5.75 Å². The molecule has 24 heteroatoms. The molecular formula is C55H77N11O13. The van der Waals surface area contributed by atoms with Gasteiger partial charge in [-0.2, -0.15) is 0 Å². The third kappa shape index (κ3) is 15.6. The van der Waals surface area contributed by atoms with Crippen molar-refractivity contribution in [2.24, 2.45) is 23.3 Å². The third-order valence-electron chi connectivity index (χ3n) is 15.5. The van der Waals surface area contributed by atoms with Crippen LogP contribution < -0.4 is 38.1 Å². The van der Waals surface area contributed by atoms with Crippen molar-refractivity contribution in [3.05, 3.63) is 65.7 Å². The maximum atomic E-state index is 14.7. The number of aliphatic carboxylic acids is 1. The number of hydrogen-bond donors (Lipinski definition) is 9. The zero-order chi connectivity index (χ0) is 57.7. The molecule has 0 aromatic heterocycles. The molecule has 4 saturated heterocycles. The number of nitrogens with one attached hydrogen (secondary N) is 5. The van der Waals surface area contributed by atoms with Gasteiger partial charge in [0.25, 0.3) is 0 Å². The highest BCUT2D eigenvalue weighted by molar-refractivity contribution is 5.99. The molecule has 430 valence electrons. The highest BCUT2D eigenvalue weighted by Gasteiger charge is 2.45. The predicted molar refractivity (Wildman–Crippen MR) is 285 cm³/mol. The molecule has 0 unspecified atom stereocenters. The van der Waals surface area contributed by atoms with Gasteiger partial charge in [-0.3, -0.25) is 47.9 Å². The van der Waals surface area contributed by atoms with Crippen LogP contribution in [0.25, 0.3) is 0 Å². The number of phenolic OH excluding ortho intramolecular Hbond substituents is 1. The molecular weight excluding hydrogens is 1020 g/mol. The van der Waals surface area contributed by atoms with E-state index in [-0.39, 0.29) is 76.4 Å². The summed E-state index contributed by atoms with van der Waals surface area (Å²) >= 11 is 0. The Morgan fingerprint density at radius 1 is 0.582 bits per heavy atom. The smallest absolute Gasteiger partial charge is 0.326 e. The lowest BCUT2D eigenvalue weighted by molar-refractivity contribution is -0.146. The normalized spacial score (nSPS) is 21.3. The number of phenols is 1. The highest BCUT2D eigenvalue weighted by Crippen LogP contribution is 2.26. The van der Waals surface area contributed by atoms with E-state index in [0.717, 1.165) is 0 Å². The zero-order valence-corrected chi connectivity index (χ0v) is 45.4. The number of carbonyl (C=O) groups excluding carboxylic acids is 10. The Morgan fingerprint density at radius 2 is 1.03 bits per heavy atom. The van der Waals surface area contributed by atoms with Crippen molar-refractivity contribution in [2.75, 3.05) is 32.7 Å². The number of nitrogens with zero attached hydrogens (tertiary/aromatic N) is 4. The van der Waals surface area contributed by atoms with Crippen LogP contribution >= 0.6 is 0 Å². The Labute approximate surface area is 459 Å². The van der Waals surface area contributed by atoms with Crippen LogP contribution in [0.2, 0.25) is 0 Å². The predicted octanol–water partition coefficient (Wildman–Crippen LogP) is -0.814. The number of carboxylic acids is 1. The van der Waals surface area contributed by atoms with E-state index in [1.165, 1.54) is 31.7 Å². The molecule has 0 aliphatic carbocycles. The van der Waals surface area contributed by atoms with E-state index in [1.807, 2.05) is 6.92 Å². The van der Waals surface area contributed by atoms with Crippen LogP contribution in [-0.4, -0.2) is 182 Å². The van der Waals surface area contributed by atoms with Gasteiger partial charge < -0.3 is 67.9 Å². The minimum absolute atomic E-state index is 0.0205. The van der Waals surface area contributed by atoms with E-state index >= 15 is 0 Å². The van der Waals surface area contributed by atoms with Crippen molar-refractivity contribution >= 4 is 65.0 Å². The number of primary amides is 1. The number of rotatable bonds is 24. The molecule has 79 heavy (non-hydrogen) atoms. The molecule has 4 aliphatic rings. The average molecular weight is 1100 g/mol. The van der Waals surface area contributed by atoms with E-state index in [1.54, 1.807) is 63.2 Å². The second-order valence-corrected chi connectivity index (χ2v) is 21.4. The fourth-order valence-corrected chi connectivity index (χ4v) is 10.8. The second-order valence-electron chi connectivity index (χ2n) is 21.4. The summed E-state index contributed by atoms with van der Waals surface area (Å²) < 4.78 is 0. The lowest BCUT2D eigenvalue weighted by Gasteiger charge is -2.33. The molecule has 0 spiro atoms. The first-order valence-corrected chi connectivity index (χ1v) is 27.4. The summed E-state index contributed by atoms with van der Waals surface area (Å²) in [5, 5.41) is 32.9. The summed E-state index contributed by atoms with van der Waals surface area (Å²) in [6.45, 7) is 7.31.